The molecular formula is C17H23N5. The van der Waals surface area contributed by atoms with E-state index in [-0.39, 0.29) is 0 Å². The molecule has 2 aromatic rings. The number of likely N-dealkylation sites (N-methyl/N-ethyl adjacent to an activating group) is 1. The van der Waals surface area contributed by atoms with Crippen LogP contribution in [0.15, 0.2) is 42.9 Å². The summed E-state index contributed by atoms with van der Waals surface area (Å²) in [4.78, 5) is 13.3. The van der Waals surface area contributed by atoms with Crippen LogP contribution in [0.1, 0.15) is 11.1 Å². The quantitative estimate of drug-likeness (QED) is 0.906. The average Bonchev–Trinajstić information content (AvgIpc) is 2.57. The third-order valence-corrected chi connectivity index (χ3v) is 4.04. The van der Waals surface area contributed by atoms with Gasteiger partial charge in [-0.15, -0.1) is 0 Å². The van der Waals surface area contributed by atoms with E-state index in [0.717, 1.165) is 45.1 Å². The van der Waals surface area contributed by atoms with Crippen molar-refractivity contribution in [2.45, 2.75) is 13.1 Å². The van der Waals surface area contributed by atoms with Crippen molar-refractivity contribution in [3.8, 4) is 0 Å². The molecule has 0 aromatic carbocycles. The smallest absolute Gasteiger partial charge is 0.128 e. The van der Waals surface area contributed by atoms with Crippen molar-refractivity contribution in [3.05, 3.63) is 54.0 Å². The SMILES string of the molecule is CN1CCN(c2ccc(CNCc3ccncc3)cn2)CC1. The van der Waals surface area contributed by atoms with E-state index < -0.39 is 0 Å². The minimum absolute atomic E-state index is 0.832. The van der Waals surface area contributed by atoms with Gasteiger partial charge in [0.05, 0.1) is 0 Å². The Morgan fingerprint density at radius 2 is 1.68 bits per heavy atom. The van der Waals surface area contributed by atoms with Gasteiger partial charge in [-0.3, -0.25) is 4.98 Å². The lowest BCUT2D eigenvalue weighted by atomic mass is 10.2. The van der Waals surface area contributed by atoms with Crippen LogP contribution in [0.5, 0.6) is 0 Å². The number of aromatic nitrogens is 2. The van der Waals surface area contributed by atoms with Crippen molar-refractivity contribution >= 4 is 5.82 Å². The summed E-state index contributed by atoms with van der Waals surface area (Å²) in [7, 11) is 2.17. The molecule has 0 bridgehead atoms. The zero-order valence-electron chi connectivity index (χ0n) is 13.1. The molecule has 0 amide bonds. The highest BCUT2D eigenvalue weighted by Gasteiger charge is 2.14. The van der Waals surface area contributed by atoms with Crippen LogP contribution in [-0.4, -0.2) is 48.1 Å². The van der Waals surface area contributed by atoms with Crippen LogP contribution in [-0.2, 0) is 13.1 Å². The van der Waals surface area contributed by atoms with Gasteiger partial charge in [-0.1, -0.05) is 6.07 Å². The molecule has 5 heteroatoms. The molecule has 3 heterocycles. The van der Waals surface area contributed by atoms with E-state index in [9.17, 15) is 0 Å². The van der Waals surface area contributed by atoms with Crippen LogP contribution in [0.2, 0.25) is 0 Å². The first-order valence-electron chi connectivity index (χ1n) is 7.79. The number of nitrogens with one attached hydrogen (secondary N) is 1. The van der Waals surface area contributed by atoms with E-state index in [2.05, 4.69) is 44.3 Å². The van der Waals surface area contributed by atoms with Crippen LogP contribution in [0.25, 0.3) is 0 Å². The summed E-state index contributed by atoms with van der Waals surface area (Å²) in [6, 6.07) is 8.36. The average molecular weight is 297 g/mol. The largest absolute Gasteiger partial charge is 0.354 e. The van der Waals surface area contributed by atoms with E-state index in [0.29, 0.717) is 0 Å². The van der Waals surface area contributed by atoms with Gasteiger partial charge >= 0.3 is 0 Å². The maximum atomic E-state index is 4.61. The van der Waals surface area contributed by atoms with Crippen molar-refractivity contribution in [2.75, 3.05) is 38.1 Å². The molecule has 1 aliphatic rings. The van der Waals surface area contributed by atoms with Gasteiger partial charge in [0.15, 0.2) is 0 Å². The Labute approximate surface area is 132 Å². The van der Waals surface area contributed by atoms with Crippen molar-refractivity contribution in [1.29, 1.82) is 0 Å². The van der Waals surface area contributed by atoms with Gasteiger partial charge in [-0.2, -0.15) is 0 Å². The number of hydrogen-bond acceptors (Lipinski definition) is 5. The van der Waals surface area contributed by atoms with Gasteiger partial charge < -0.3 is 15.1 Å². The zero-order chi connectivity index (χ0) is 15.2. The summed E-state index contributed by atoms with van der Waals surface area (Å²) in [5.74, 6) is 1.09. The van der Waals surface area contributed by atoms with Crippen LogP contribution in [0.3, 0.4) is 0 Å². The van der Waals surface area contributed by atoms with E-state index >= 15 is 0 Å². The van der Waals surface area contributed by atoms with Gasteiger partial charge in [-0.25, -0.2) is 4.98 Å². The highest BCUT2D eigenvalue weighted by Crippen LogP contribution is 2.13. The van der Waals surface area contributed by atoms with Crippen LogP contribution < -0.4 is 10.2 Å². The van der Waals surface area contributed by atoms with Gasteiger partial charge in [-0.05, 0) is 36.4 Å². The Morgan fingerprint density at radius 1 is 0.955 bits per heavy atom. The number of anilines is 1. The Hall–Kier alpha value is -1.98. The fraction of sp³-hybridized carbons (Fsp3) is 0.412. The Kier molecular flexibility index (Phi) is 4.98. The normalized spacial score (nSPS) is 16.0. The van der Waals surface area contributed by atoms with E-state index in [1.54, 1.807) is 0 Å². The lowest BCUT2D eigenvalue weighted by Gasteiger charge is -2.33. The molecule has 0 radical (unpaired) electrons. The molecule has 1 fully saturated rings. The molecule has 116 valence electrons. The minimum atomic E-state index is 0.832. The third-order valence-electron chi connectivity index (χ3n) is 4.04. The van der Waals surface area contributed by atoms with Crippen molar-refractivity contribution in [1.82, 2.24) is 20.2 Å². The number of nitrogens with zero attached hydrogens (tertiary/aromatic N) is 4. The topological polar surface area (TPSA) is 44.3 Å². The lowest BCUT2D eigenvalue weighted by Crippen LogP contribution is -2.44. The first kappa shape index (κ1) is 14.9. The molecule has 3 rings (SSSR count). The number of pyridine rings is 2. The molecule has 1 aliphatic heterocycles. The molecule has 22 heavy (non-hydrogen) atoms. The second-order valence-electron chi connectivity index (χ2n) is 5.77. The molecule has 0 aliphatic carbocycles. The molecule has 0 spiro atoms. The maximum Gasteiger partial charge on any atom is 0.128 e. The first-order valence-corrected chi connectivity index (χ1v) is 7.79. The Bertz CT molecular complexity index is 561. The predicted molar refractivity (Wildman–Crippen MR) is 88.7 cm³/mol. The zero-order valence-corrected chi connectivity index (χ0v) is 13.1. The van der Waals surface area contributed by atoms with E-state index in [4.69, 9.17) is 0 Å². The van der Waals surface area contributed by atoms with Crippen molar-refractivity contribution in [3.63, 3.8) is 0 Å². The van der Waals surface area contributed by atoms with Crippen LogP contribution in [0, 0.1) is 0 Å². The summed E-state index contributed by atoms with van der Waals surface area (Å²) < 4.78 is 0. The number of hydrogen-bond donors (Lipinski definition) is 1. The van der Waals surface area contributed by atoms with E-state index in [1.807, 2.05) is 30.7 Å². The maximum absolute atomic E-state index is 4.61. The molecule has 5 nitrogen and oxygen atoms in total. The molecule has 1 N–H and O–H groups in total. The highest BCUT2D eigenvalue weighted by molar-refractivity contribution is 5.39. The summed E-state index contributed by atoms with van der Waals surface area (Å²) in [6.45, 7) is 6.02. The molecule has 2 aromatic heterocycles. The lowest BCUT2D eigenvalue weighted by molar-refractivity contribution is 0.312. The second-order valence-corrected chi connectivity index (χ2v) is 5.77. The highest BCUT2D eigenvalue weighted by atomic mass is 15.3. The monoisotopic (exact) mass is 297 g/mol. The summed E-state index contributed by atoms with van der Waals surface area (Å²) in [5.41, 5.74) is 2.46. The van der Waals surface area contributed by atoms with Gasteiger partial charge in [0, 0.05) is 57.9 Å². The molecular weight excluding hydrogens is 274 g/mol. The van der Waals surface area contributed by atoms with Crippen LogP contribution in [0.4, 0.5) is 5.82 Å². The van der Waals surface area contributed by atoms with Gasteiger partial charge in [0.2, 0.25) is 0 Å². The number of rotatable bonds is 5. The Morgan fingerprint density at radius 3 is 2.36 bits per heavy atom. The van der Waals surface area contributed by atoms with E-state index in [1.165, 1.54) is 11.1 Å². The molecule has 1 saturated heterocycles. The van der Waals surface area contributed by atoms with Crippen molar-refractivity contribution in [2.24, 2.45) is 0 Å². The first-order chi connectivity index (χ1) is 10.8. The third kappa shape index (κ3) is 4.02. The molecule has 0 saturated carbocycles. The molecule has 0 unspecified atom stereocenters. The Balaban J connectivity index is 1.49. The van der Waals surface area contributed by atoms with Gasteiger partial charge in [0.1, 0.15) is 5.82 Å². The fourth-order valence-electron chi connectivity index (χ4n) is 2.60. The van der Waals surface area contributed by atoms with Crippen LogP contribution >= 0.6 is 0 Å². The summed E-state index contributed by atoms with van der Waals surface area (Å²) in [6.07, 6.45) is 5.63. The minimum Gasteiger partial charge on any atom is -0.354 e. The van der Waals surface area contributed by atoms with Gasteiger partial charge in [0.25, 0.3) is 0 Å². The summed E-state index contributed by atoms with van der Waals surface area (Å²) >= 11 is 0. The summed E-state index contributed by atoms with van der Waals surface area (Å²) in [5, 5.41) is 3.43. The predicted octanol–water partition coefficient (Wildman–Crippen LogP) is 1.52. The molecule has 0 atom stereocenters. The standard InChI is InChI=1S/C17H23N5/c1-21-8-10-22(11-9-21)17-3-2-16(14-20-17)13-19-12-15-4-6-18-7-5-15/h2-7,14,19H,8-13H2,1H3. The second kappa shape index (κ2) is 7.33. The number of piperazine rings is 1. The van der Waals surface area contributed by atoms with Crippen molar-refractivity contribution < 1.29 is 0 Å². The fourth-order valence-corrected chi connectivity index (χ4v) is 2.60.